The van der Waals surface area contributed by atoms with Gasteiger partial charge < -0.3 is 17.0 Å². The molecular formula is C11H9BrFNS2. The molecule has 0 spiro atoms. The molecule has 0 atom stereocenters. The zero-order valence-corrected chi connectivity index (χ0v) is 11.5. The van der Waals surface area contributed by atoms with Crippen LogP contribution in [0.1, 0.15) is 0 Å². The minimum atomic E-state index is -0.176. The quantitative estimate of drug-likeness (QED) is 0.667. The average Bonchev–Trinajstić information content (AvgIpc) is 2.80. The van der Waals surface area contributed by atoms with Crippen molar-refractivity contribution in [1.29, 1.82) is 0 Å². The Hall–Kier alpha value is -0.390. The third kappa shape index (κ3) is 2.04. The van der Waals surface area contributed by atoms with Crippen LogP contribution in [0.3, 0.4) is 0 Å². The highest BCUT2D eigenvalue weighted by Crippen LogP contribution is 2.30. The number of thiazole rings is 1. The summed E-state index contributed by atoms with van der Waals surface area (Å²) in [7, 11) is 0. The molecule has 0 saturated carbocycles. The van der Waals surface area contributed by atoms with Crippen molar-refractivity contribution in [3.63, 3.8) is 0 Å². The molecule has 1 aromatic heterocycles. The van der Waals surface area contributed by atoms with Crippen LogP contribution in [-0.4, -0.2) is 5.75 Å². The molecule has 0 aliphatic carbocycles. The minimum Gasteiger partial charge on any atom is -1.00 e. The lowest BCUT2D eigenvalue weighted by atomic mass is 10.2. The zero-order chi connectivity index (χ0) is 10.3. The van der Waals surface area contributed by atoms with Crippen molar-refractivity contribution in [3.8, 4) is 11.3 Å². The first kappa shape index (κ1) is 12.1. The van der Waals surface area contributed by atoms with E-state index in [-0.39, 0.29) is 22.8 Å². The van der Waals surface area contributed by atoms with Gasteiger partial charge in [-0.25, -0.2) is 4.39 Å². The summed E-state index contributed by atoms with van der Waals surface area (Å²) in [5.74, 6) is 0.978. The Kier molecular flexibility index (Phi) is 3.66. The third-order valence-corrected chi connectivity index (χ3v) is 4.72. The molecule has 5 heteroatoms. The first-order valence-corrected chi connectivity index (χ1v) is 6.61. The standard InChI is InChI=1S/C11H9FNS2.BrH/c12-9-3-1-8(2-4-9)10-7-15-11-13(10)5-6-14-11;/h1-4,7H,5-6H2;1H/q+1;/p-1. The smallest absolute Gasteiger partial charge is 0.298 e. The highest BCUT2D eigenvalue weighted by Gasteiger charge is 2.27. The monoisotopic (exact) mass is 317 g/mol. The number of rotatable bonds is 1. The molecule has 0 radical (unpaired) electrons. The summed E-state index contributed by atoms with van der Waals surface area (Å²) in [6, 6.07) is 6.71. The number of nitrogens with zero attached hydrogens (tertiary/aromatic N) is 1. The van der Waals surface area contributed by atoms with Crippen LogP contribution >= 0.6 is 23.1 Å². The van der Waals surface area contributed by atoms with Gasteiger partial charge in [0.25, 0.3) is 4.34 Å². The van der Waals surface area contributed by atoms with Crippen molar-refractivity contribution in [1.82, 2.24) is 0 Å². The van der Waals surface area contributed by atoms with E-state index in [0.717, 1.165) is 17.9 Å². The van der Waals surface area contributed by atoms with Gasteiger partial charge in [0.15, 0.2) is 6.54 Å². The molecule has 0 fully saturated rings. The summed E-state index contributed by atoms with van der Waals surface area (Å²) >= 11 is 3.66. The normalized spacial score (nSPS) is 13.3. The van der Waals surface area contributed by atoms with Crippen LogP contribution in [0.25, 0.3) is 11.3 Å². The van der Waals surface area contributed by atoms with E-state index < -0.39 is 0 Å². The van der Waals surface area contributed by atoms with Crippen LogP contribution in [0.15, 0.2) is 34.0 Å². The van der Waals surface area contributed by atoms with E-state index in [1.165, 1.54) is 22.2 Å². The highest BCUT2D eigenvalue weighted by atomic mass is 79.9. The van der Waals surface area contributed by atoms with E-state index in [2.05, 4.69) is 9.95 Å². The fraction of sp³-hybridized carbons (Fsp3) is 0.182. The van der Waals surface area contributed by atoms with Crippen LogP contribution in [0.2, 0.25) is 0 Å². The number of hydrogen-bond acceptors (Lipinski definition) is 2. The molecule has 0 N–H and O–H groups in total. The second kappa shape index (κ2) is 4.85. The molecule has 0 amide bonds. The molecule has 1 aliphatic rings. The summed E-state index contributed by atoms with van der Waals surface area (Å²) in [6.07, 6.45) is 0. The van der Waals surface area contributed by atoms with Crippen LogP contribution in [0.5, 0.6) is 0 Å². The SMILES string of the molecule is Fc1ccc(-c2csc3[n+]2CCS3)cc1.[Br-]. The van der Waals surface area contributed by atoms with Gasteiger partial charge >= 0.3 is 0 Å². The van der Waals surface area contributed by atoms with Crippen LogP contribution in [0.4, 0.5) is 4.39 Å². The molecule has 1 aromatic carbocycles. The molecule has 0 saturated heterocycles. The van der Waals surface area contributed by atoms with E-state index in [1.54, 1.807) is 11.3 Å². The Bertz CT molecular complexity index is 495. The summed E-state index contributed by atoms with van der Waals surface area (Å²) in [4.78, 5) is 0. The fourth-order valence-corrected chi connectivity index (χ4v) is 3.98. The molecule has 16 heavy (non-hydrogen) atoms. The molecule has 2 aromatic rings. The number of thioether (sulfide) groups is 1. The number of fused-ring (bicyclic) bond motifs is 1. The Morgan fingerprint density at radius 2 is 1.94 bits per heavy atom. The Morgan fingerprint density at radius 3 is 2.69 bits per heavy atom. The van der Waals surface area contributed by atoms with Crippen molar-refractivity contribution in [3.05, 3.63) is 35.5 Å². The third-order valence-electron chi connectivity index (χ3n) is 2.46. The van der Waals surface area contributed by atoms with Gasteiger partial charge in [-0.15, -0.1) is 0 Å². The van der Waals surface area contributed by atoms with Crippen molar-refractivity contribution in [2.24, 2.45) is 0 Å². The summed E-state index contributed by atoms with van der Waals surface area (Å²) in [6.45, 7) is 1.07. The number of benzene rings is 1. The lowest BCUT2D eigenvalue weighted by molar-refractivity contribution is -0.706. The lowest BCUT2D eigenvalue weighted by Crippen LogP contribution is -3.00. The number of halogens is 2. The van der Waals surface area contributed by atoms with Gasteiger partial charge in [0, 0.05) is 5.56 Å². The van der Waals surface area contributed by atoms with Gasteiger partial charge in [-0.3, -0.25) is 0 Å². The van der Waals surface area contributed by atoms with Gasteiger partial charge in [0.2, 0.25) is 5.69 Å². The van der Waals surface area contributed by atoms with Crippen molar-refractivity contribution in [2.75, 3.05) is 5.75 Å². The van der Waals surface area contributed by atoms with Crippen molar-refractivity contribution >= 4 is 23.1 Å². The summed E-state index contributed by atoms with van der Waals surface area (Å²) in [5, 5.41) is 2.15. The minimum absolute atomic E-state index is 0. The maximum atomic E-state index is 12.8. The molecular weight excluding hydrogens is 309 g/mol. The van der Waals surface area contributed by atoms with Crippen LogP contribution < -0.4 is 21.5 Å². The Labute approximate surface area is 112 Å². The summed E-state index contributed by atoms with van der Waals surface area (Å²) < 4.78 is 16.5. The Balaban J connectivity index is 0.000000963. The van der Waals surface area contributed by atoms with Crippen molar-refractivity contribution in [2.45, 2.75) is 10.9 Å². The van der Waals surface area contributed by atoms with Gasteiger partial charge in [-0.05, 0) is 36.0 Å². The largest absolute Gasteiger partial charge is 1.00 e. The van der Waals surface area contributed by atoms with Crippen LogP contribution in [0, 0.1) is 5.82 Å². The molecule has 0 bridgehead atoms. The van der Waals surface area contributed by atoms with Crippen molar-refractivity contribution < 1.29 is 25.9 Å². The number of aromatic nitrogens is 1. The predicted molar refractivity (Wildman–Crippen MR) is 60.6 cm³/mol. The molecule has 2 heterocycles. The first-order chi connectivity index (χ1) is 7.34. The molecule has 1 nitrogen and oxygen atoms in total. The Morgan fingerprint density at radius 1 is 1.19 bits per heavy atom. The second-order valence-corrected chi connectivity index (χ2v) is 5.59. The fourth-order valence-electron chi connectivity index (χ4n) is 1.72. The van der Waals surface area contributed by atoms with E-state index in [0.29, 0.717) is 0 Å². The predicted octanol–water partition coefficient (Wildman–Crippen LogP) is -0.0486. The van der Waals surface area contributed by atoms with E-state index in [1.807, 2.05) is 23.9 Å². The van der Waals surface area contributed by atoms with E-state index >= 15 is 0 Å². The average molecular weight is 318 g/mol. The molecule has 0 unspecified atom stereocenters. The maximum absolute atomic E-state index is 12.8. The number of hydrogen-bond donors (Lipinski definition) is 0. The lowest BCUT2D eigenvalue weighted by Gasteiger charge is -1.95. The van der Waals surface area contributed by atoms with E-state index in [4.69, 9.17) is 0 Å². The summed E-state index contributed by atoms with van der Waals surface area (Å²) in [5.41, 5.74) is 2.31. The molecule has 1 aliphatic heterocycles. The zero-order valence-electron chi connectivity index (χ0n) is 8.32. The van der Waals surface area contributed by atoms with Gasteiger partial charge in [-0.1, -0.05) is 11.3 Å². The second-order valence-electron chi connectivity index (χ2n) is 3.39. The first-order valence-electron chi connectivity index (χ1n) is 4.75. The molecule has 84 valence electrons. The van der Waals surface area contributed by atoms with Crippen LogP contribution in [-0.2, 0) is 6.54 Å². The topological polar surface area (TPSA) is 3.88 Å². The molecule has 3 rings (SSSR count). The van der Waals surface area contributed by atoms with Gasteiger partial charge in [0.05, 0.1) is 11.1 Å². The van der Waals surface area contributed by atoms with Gasteiger partial charge in [-0.2, -0.15) is 4.57 Å². The van der Waals surface area contributed by atoms with Gasteiger partial charge in [0.1, 0.15) is 5.82 Å². The maximum Gasteiger partial charge on any atom is 0.298 e. The highest BCUT2D eigenvalue weighted by molar-refractivity contribution is 8.01. The van der Waals surface area contributed by atoms with E-state index in [9.17, 15) is 4.39 Å².